The molecule has 3 aromatic rings. The third kappa shape index (κ3) is 7.54. The molecule has 6 rings (SSSR count). The number of nitrogens with one attached hydrogen (secondary N) is 1. The summed E-state index contributed by atoms with van der Waals surface area (Å²) in [5.74, 6) is 1.64. The zero-order valence-electron chi connectivity index (χ0n) is 29.0. The van der Waals surface area contributed by atoms with E-state index in [1.54, 1.807) is 12.1 Å². The molecule has 0 bridgehead atoms. The summed E-state index contributed by atoms with van der Waals surface area (Å²) >= 11 is 6.27. The molecule has 0 radical (unpaired) electrons. The number of nitrogens with two attached hydrogens (primary N) is 1. The molecule has 49 heavy (non-hydrogen) atoms. The van der Waals surface area contributed by atoms with E-state index in [1.807, 2.05) is 37.4 Å². The zero-order valence-corrected chi connectivity index (χ0v) is 29.7. The number of carboxylic acids is 1. The van der Waals surface area contributed by atoms with Crippen LogP contribution in [0, 0.1) is 17.8 Å². The van der Waals surface area contributed by atoms with Crippen LogP contribution in [-0.4, -0.2) is 40.7 Å². The number of amides is 1. The number of aliphatic carboxylic acids is 1. The fourth-order valence-electron chi connectivity index (χ4n) is 8.81. The molecule has 3 aliphatic carbocycles. The summed E-state index contributed by atoms with van der Waals surface area (Å²) in [7, 11) is 0. The van der Waals surface area contributed by atoms with E-state index in [9.17, 15) is 14.7 Å². The molecule has 1 amide bonds. The number of primary amides is 1. The summed E-state index contributed by atoms with van der Waals surface area (Å²) in [6, 6.07) is 15.7. The third-order valence-corrected chi connectivity index (χ3v) is 11.6. The quantitative estimate of drug-likeness (QED) is 0.166. The van der Waals surface area contributed by atoms with Gasteiger partial charge in [0.1, 0.15) is 17.0 Å². The number of rotatable bonds is 13. The Morgan fingerprint density at radius 1 is 1.06 bits per heavy atom. The Labute approximate surface area is 295 Å². The van der Waals surface area contributed by atoms with Crippen molar-refractivity contribution in [1.82, 2.24) is 4.98 Å². The number of halogens is 1. The van der Waals surface area contributed by atoms with Gasteiger partial charge < -0.3 is 25.6 Å². The number of carboxylic acid groups (broad SMARTS) is 1. The van der Waals surface area contributed by atoms with E-state index in [0.717, 1.165) is 50.0 Å². The van der Waals surface area contributed by atoms with E-state index in [1.165, 1.54) is 28.8 Å². The van der Waals surface area contributed by atoms with Gasteiger partial charge in [0.15, 0.2) is 0 Å². The highest BCUT2D eigenvalue weighted by atomic mass is 35.5. The monoisotopic (exact) mass is 687 g/mol. The Hall–Kier alpha value is -3.78. The topological polar surface area (TPSA) is 124 Å². The lowest BCUT2D eigenvalue weighted by atomic mass is 9.59. The van der Waals surface area contributed by atoms with E-state index < -0.39 is 11.5 Å². The lowest BCUT2D eigenvalue weighted by Gasteiger charge is -2.47. The Bertz CT molecular complexity index is 1670. The van der Waals surface area contributed by atoms with Crippen molar-refractivity contribution in [1.29, 1.82) is 0 Å². The predicted molar refractivity (Wildman–Crippen MR) is 193 cm³/mol. The lowest BCUT2D eigenvalue weighted by molar-refractivity contribution is -0.144. The average Bonchev–Trinajstić information content (AvgIpc) is 3.35. The number of pyridine rings is 1. The number of benzene rings is 2. The van der Waals surface area contributed by atoms with Gasteiger partial charge in [0.25, 0.3) is 0 Å². The Morgan fingerprint density at radius 2 is 1.84 bits per heavy atom. The number of nitrogens with zero attached hydrogens (tertiary/aromatic N) is 1. The first-order valence-electron chi connectivity index (χ1n) is 17.9. The number of ether oxygens (including phenoxy) is 2. The molecule has 0 saturated heterocycles. The second-order valence-corrected chi connectivity index (χ2v) is 15.5. The fraction of sp³-hybridized carbons (Fsp3) is 0.525. The minimum atomic E-state index is -1.09. The largest absolute Gasteiger partial charge is 0.493 e. The van der Waals surface area contributed by atoms with E-state index in [4.69, 9.17) is 26.8 Å². The van der Waals surface area contributed by atoms with Crippen LogP contribution < -0.4 is 20.5 Å². The van der Waals surface area contributed by atoms with Crippen molar-refractivity contribution in [3.05, 3.63) is 82.1 Å². The predicted octanol–water partition coefficient (Wildman–Crippen LogP) is 8.09. The molecule has 1 aromatic heterocycles. The highest BCUT2D eigenvalue weighted by Gasteiger charge is 2.54. The number of carbonyl (C=O) groups excluding carboxylic acids is 1. The molecule has 262 valence electrons. The Kier molecular flexibility index (Phi) is 10.4. The van der Waals surface area contributed by atoms with E-state index in [-0.39, 0.29) is 23.7 Å². The summed E-state index contributed by atoms with van der Waals surface area (Å²) < 4.78 is 12.8. The molecule has 2 aromatic carbocycles. The van der Waals surface area contributed by atoms with Gasteiger partial charge in [-0.2, -0.15) is 0 Å². The van der Waals surface area contributed by atoms with Gasteiger partial charge in [-0.1, -0.05) is 44.5 Å². The highest BCUT2D eigenvalue weighted by molar-refractivity contribution is 6.30. The minimum absolute atomic E-state index is 0.00531. The maximum Gasteiger partial charge on any atom is 0.329 e. The molecule has 0 aliphatic heterocycles. The standard InChI is InChI=1S/C40H50ClN3O5/c1-25(24-49-35-12-17-43-34-9-4-6-27(3)37(34)35)18-29-20-28-10-11-32(48-23-26(2)19-36(42)45)22-33(28)39(29)13-15-40(16-14-39,38(46)47)44-31-8-5-7-30(41)21-31/h5,7-8,10-12,17,21-22,25-27,29,44H,4,6,9,13-16,18-20,23-24H2,1-3H3,(H2,42,45)(H,46,47)/t25-,26?,27-,29+,39?,40?/m1/s1. The van der Waals surface area contributed by atoms with Gasteiger partial charge in [-0.25, -0.2) is 4.79 Å². The molecular formula is C40H50ClN3O5. The van der Waals surface area contributed by atoms with Gasteiger partial charge in [-0.3, -0.25) is 9.78 Å². The smallest absolute Gasteiger partial charge is 0.329 e. The van der Waals surface area contributed by atoms with Crippen molar-refractivity contribution < 1.29 is 24.2 Å². The maximum atomic E-state index is 12.9. The van der Waals surface area contributed by atoms with Crippen LogP contribution >= 0.6 is 11.6 Å². The van der Waals surface area contributed by atoms with E-state index in [0.29, 0.717) is 54.5 Å². The number of anilines is 1. The van der Waals surface area contributed by atoms with Crippen molar-refractivity contribution >= 4 is 29.2 Å². The van der Waals surface area contributed by atoms with Crippen molar-refractivity contribution in [2.45, 2.75) is 102 Å². The van der Waals surface area contributed by atoms with Gasteiger partial charge >= 0.3 is 5.97 Å². The van der Waals surface area contributed by atoms with Crippen molar-refractivity contribution in [2.75, 3.05) is 18.5 Å². The van der Waals surface area contributed by atoms with Gasteiger partial charge in [0.05, 0.1) is 13.2 Å². The van der Waals surface area contributed by atoms with Crippen LogP contribution in [0.25, 0.3) is 0 Å². The first kappa shape index (κ1) is 35.1. The van der Waals surface area contributed by atoms with Crippen LogP contribution in [-0.2, 0) is 27.8 Å². The lowest BCUT2D eigenvalue weighted by Crippen LogP contribution is -2.53. The number of fused-ring (bicyclic) bond motifs is 3. The van der Waals surface area contributed by atoms with Gasteiger partial charge in [-0.15, -0.1) is 0 Å². The summed E-state index contributed by atoms with van der Waals surface area (Å²) in [5.41, 5.74) is 9.86. The van der Waals surface area contributed by atoms with Crippen molar-refractivity contribution in [3.8, 4) is 11.5 Å². The molecule has 9 heteroatoms. The summed E-state index contributed by atoms with van der Waals surface area (Å²) in [5, 5.41) is 14.5. The fourth-order valence-corrected chi connectivity index (χ4v) is 9.00. The second-order valence-electron chi connectivity index (χ2n) is 15.1. The molecule has 1 fully saturated rings. The first-order valence-corrected chi connectivity index (χ1v) is 18.3. The van der Waals surface area contributed by atoms with Crippen LogP contribution in [0.15, 0.2) is 54.7 Å². The molecular weight excluding hydrogens is 638 g/mol. The molecule has 3 aliphatic rings. The average molecular weight is 688 g/mol. The third-order valence-electron chi connectivity index (χ3n) is 11.3. The van der Waals surface area contributed by atoms with Crippen molar-refractivity contribution in [3.63, 3.8) is 0 Å². The van der Waals surface area contributed by atoms with Crippen LogP contribution in [0.5, 0.6) is 11.5 Å². The van der Waals surface area contributed by atoms with Gasteiger partial charge in [0.2, 0.25) is 5.91 Å². The highest BCUT2D eigenvalue weighted by Crippen LogP contribution is 2.57. The number of hydrogen-bond acceptors (Lipinski definition) is 6. The summed E-state index contributed by atoms with van der Waals surface area (Å²) in [6.45, 7) is 7.52. The number of carbonyl (C=O) groups is 2. The van der Waals surface area contributed by atoms with E-state index >= 15 is 0 Å². The zero-order chi connectivity index (χ0) is 34.8. The molecule has 1 unspecified atom stereocenters. The van der Waals surface area contributed by atoms with Crippen LogP contribution in [0.1, 0.15) is 100 Å². The van der Waals surface area contributed by atoms with Crippen LogP contribution in [0.2, 0.25) is 5.02 Å². The number of hydrogen-bond donors (Lipinski definition) is 3. The SMILES string of the molecule is CC(COc1ccc2c(c1)C1(CCC(Nc3cccc(Cl)c3)(C(=O)O)CC1)[C@@H](C[C@@H](C)COc1ccnc3c1[C@H](C)CCC3)C2)CC(N)=O. The van der Waals surface area contributed by atoms with Crippen molar-refractivity contribution in [2.24, 2.45) is 23.5 Å². The minimum Gasteiger partial charge on any atom is -0.493 e. The number of aromatic nitrogens is 1. The molecule has 1 heterocycles. The van der Waals surface area contributed by atoms with Crippen LogP contribution in [0.3, 0.4) is 0 Å². The molecule has 4 atom stereocenters. The Morgan fingerprint density at radius 3 is 2.57 bits per heavy atom. The molecule has 4 N–H and O–H groups in total. The van der Waals surface area contributed by atoms with Crippen LogP contribution in [0.4, 0.5) is 5.69 Å². The normalized spacial score (nSPS) is 25.6. The molecule has 1 saturated carbocycles. The van der Waals surface area contributed by atoms with Gasteiger partial charge in [-0.05, 0) is 134 Å². The maximum absolute atomic E-state index is 12.9. The molecule has 1 spiro atoms. The molecule has 8 nitrogen and oxygen atoms in total. The first-order chi connectivity index (χ1) is 23.5. The second kappa shape index (κ2) is 14.6. The Balaban J connectivity index is 1.23. The van der Waals surface area contributed by atoms with E-state index in [2.05, 4.69) is 36.3 Å². The van der Waals surface area contributed by atoms with Gasteiger partial charge in [0, 0.05) is 34.6 Å². The summed E-state index contributed by atoms with van der Waals surface area (Å²) in [6.07, 6.45) is 9.81. The summed E-state index contributed by atoms with van der Waals surface area (Å²) in [4.78, 5) is 29.0. The number of aryl methyl sites for hydroxylation is 1.